The van der Waals surface area contributed by atoms with Crippen LogP contribution in [0.5, 0.6) is 0 Å². The van der Waals surface area contributed by atoms with Crippen LogP contribution in [0.15, 0.2) is 59.9 Å². The van der Waals surface area contributed by atoms with E-state index in [2.05, 4.69) is 9.97 Å². The van der Waals surface area contributed by atoms with Gasteiger partial charge in [0.2, 0.25) is 5.91 Å². The fourth-order valence-electron chi connectivity index (χ4n) is 2.26. The Morgan fingerprint density at radius 3 is 2.64 bits per heavy atom. The highest BCUT2D eigenvalue weighted by Gasteiger charge is 2.10. The van der Waals surface area contributed by atoms with Crippen LogP contribution in [-0.4, -0.2) is 15.9 Å². The Balaban J connectivity index is 1.81. The van der Waals surface area contributed by atoms with E-state index in [-0.39, 0.29) is 0 Å². The predicted molar refractivity (Wildman–Crippen MR) is 91.9 cm³/mol. The summed E-state index contributed by atoms with van der Waals surface area (Å²) in [6.07, 6.45) is 1.55. The zero-order chi connectivity index (χ0) is 17.8. The first kappa shape index (κ1) is 17.0. The number of amides is 1. The molecule has 126 valence electrons. The van der Waals surface area contributed by atoms with Crippen LogP contribution in [0.1, 0.15) is 15.9 Å². The predicted octanol–water partition coefficient (Wildman–Crippen LogP) is 3.81. The number of carbonyl (C=O) groups excluding carboxylic acids is 1. The Hall–Kier alpha value is -2.80. The Kier molecular flexibility index (Phi) is 5.04. The first-order valence-electron chi connectivity index (χ1n) is 7.33. The van der Waals surface area contributed by atoms with Gasteiger partial charge < -0.3 is 5.73 Å². The van der Waals surface area contributed by atoms with Crippen LogP contribution in [0.3, 0.4) is 0 Å². The van der Waals surface area contributed by atoms with Crippen LogP contribution in [0.2, 0.25) is 0 Å². The molecule has 0 aliphatic carbocycles. The minimum Gasteiger partial charge on any atom is -0.366 e. The van der Waals surface area contributed by atoms with Crippen LogP contribution in [0.25, 0.3) is 11.3 Å². The lowest BCUT2D eigenvalue weighted by molar-refractivity contribution is 0.0999. The number of carbonyl (C=O) groups is 1. The summed E-state index contributed by atoms with van der Waals surface area (Å²) in [7, 11) is 0. The van der Waals surface area contributed by atoms with E-state index < -0.39 is 17.5 Å². The lowest BCUT2D eigenvalue weighted by Gasteiger charge is -2.07. The molecular weight excluding hydrogens is 344 g/mol. The molecule has 1 amide bonds. The molecule has 0 saturated heterocycles. The van der Waals surface area contributed by atoms with Crippen molar-refractivity contribution in [1.29, 1.82) is 0 Å². The molecule has 0 aliphatic heterocycles. The number of aromatic nitrogens is 2. The van der Waals surface area contributed by atoms with Gasteiger partial charge in [0.15, 0.2) is 16.8 Å². The van der Waals surface area contributed by atoms with Gasteiger partial charge in [-0.25, -0.2) is 18.7 Å². The number of thioether (sulfide) groups is 1. The molecule has 0 fully saturated rings. The summed E-state index contributed by atoms with van der Waals surface area (Å²) < 4.78 is 26.4. The summed E-state index contributed by atoms with van der Waals surface area (Å²) in [6, 6.07) is 12.3. The molecule has 1 aromatic heterocycles. The van der Waals surface area contributed by atoms with E-state index in [0.29, 0.717) is 27.7 Å². The molecule has 2 aromatic carbocycles. The third-order valence-corrected chi connectivity index (χ3v) is 4.40. The fourth-order valence-corrected chi connectivity index (χ4v) is 3.09. The van der Waals surface area contributed by atoms with E-state index in [9.17, 15) is 13.6 Å². The second-order valence-corrected chi connectivity index (χ2v) is 6.11. The minimum absolute atomic E-state index is 0.451. The maximum absolute atomic E-state index is 13.4. The van der Waals surface area contributed by atoms with E-state index in [4.69, 9.17) is 5.73 Å². The summed E-state index contributed by atoms with van der Waals surface area (Å²) in [5.41, 5.74) is 7.54. The number of nitrogens with zero attached hydrogens (tertiary/aromatic N) is 2. The molecule has 0 aliphatic rings. The summed E-state index contributed by atoms with van der Waals surface area (Å²) in [5, 5.41) is 0.460. The highest BCUT2D eigenvalue weighted by Crippen LogP contribution is 2.25. The average molecular weight is 357 g/mol. The Morgan fingerprint density at radius 1 is 1.08 bits per heavy atom. The second-order valence-electron chi connectivity index (χ2n) is 5.16. The molecule has 4 nitrogen and oxygen atoms in total. The van der Waals surface area contributed by atoms with Crippen molar-refractivity contribution in [2.24, 2.45) is 5.73 Å². The van der Waals surface area contributed by atoms with Crippen molar-refractivity contribution >= 4 is 17.7 Å². The zero-order valence-electron chi connectivity index (χ0n) is 12.9. The van der Waals surface area contributed by atoms with Gasteiger partial charge in [0.25, 0.3) is 0 Å². The molecule has 0 atom stereocenters. The van der Waals surface area contributed by atoms with Crippen molar-refractivity contribution in [3.63, 3.8) is 0 Å². The Bertz CT molecular complexity index is 934. The van der Waals surface area contributed by atoms with Gasteiger partial charge in [-0.2, -0.15) is 0 Å². The van der Waals surface area contributed by atoms with Crippen LogP contribution in [-0.2, 0) is 5.75 Å². The van der Waals surface area contributed by atoms with E-state index in [1.807, 2.05) is 12.1 Å². The van der Waals surface area contributed by atoms with Crippen molar-refractivity contribution in [1.82, 2.24) is 9.97 Å². The highest BCUT2D eigenvalue weighted by molar-refractivity contribution is 7.98. The van der Waals surface area contributed by atoms with Gasteiger partial charge in [0.05, 0.1) is 5.69 Å². The van der Waals surface area contributed by atoms with Gasteiger partial charge in [-0.1, -0.05) is 30.0 Å². The normalized spacial score (nSPS) is 10.6. The van der Waals surface area contributed by atoms with Crippen molar-refractivity contribution in [3.05, 3.63) is 77.5 Å². The summed E-state index contributed by atoms with van der Waals surface area (Å²) >= 11 is 1.32. The summed E-state index contributed by atoms with van der Waals surface area (Å²) in [6.45, 7) is 0. The molecule has 0 spiro atoms. The molecular formula is C18H13F2N3OS. The van der Waals surface area contributed by atoms with Crippen LogP contribution in [0, 0.1) is 11.6 Å². The molecule has 3 aromatic rings. The van der Waals surface area contributed by atoms with E-state index in [1.165, 1.54) is 17.8 Å². The van der Waals surface area contributed by atoms with Gasteiger partial charge >= 0.3 is 0 Å². The first-order chi connectivity index (χ1) is 12.0. The SMILES string of the molecule is NC(=O)c1ccccc1CSc1nccc(-c2ccc(F)c(F)c2)n1. The van der Waals surface area contributed by atoms with Gasteiger partial charge in [0.1, 0.15) is 0 Å². The molecule has 25 heavy (non-hydrogen) atoms. The number of hydrogen-bond donors (Lipinski definition) is 1. The summed E-state index contributed by atoms with van der Waals surface area (Å²) in [5.74, 6) is -1.87. The summed E-state index contributed by atoms with van der Waals surface area (Å²) in [4.78, 5) is 20.0. The number of halogens is 2. The molecule has 0 bridgehead atoms. The zero-order valence-corrected chi connectivity index (χ0v) is 13.8. The van der Waals surface area contributed by atoms with E-state index in [0.717, 1.165) is 17.7 Å². The Morgan fingerprint density at radius 2 is 1.88 bits per heavy atom. The molecule has 3 rings (SSSR count). The largest absolute Gasteiger partial charge is 0.366 e. The van der Waals surface area contributed by atoms with Crippen molar-refractivity contribution in [2.75, 3.05) is 0 Å². The van der Waals surface area contributed by atoms with Crippen LogP contribution >= 0.6 is 11.8 Å². The van der Waals surface area contributed by atoms with E-state index >= 15 is 0 Å². The lowest BCUT2D eigenvalue weighted by Crippen LogP contribution is -2.13. The maximum atomic E-state index is 13.4. The van der Waals surface area contributed by atoms with Gasteiger partial charge in [-0.05, 0) is 35.9 Å². The standard InChI is InChI=1S/C18H13F2N3OS/c19-14-6-5-11(9-15(14)20)16-7-8-22-18(23-16)25-10-12-3-1-2-4-13(12)17(21)24/h1-9H,10H2,(H2,21,24). The third-order valence-electron chi connectivity index (χ3n) is 3.49. The monoisotopic (exact) mass is 357 g/mol. The van der Waals surface area contributed by atoms with E-state index in [1.54, 1.807) is 24.4 Å². The number of primary amides is 1. The lowest BCUT2D eigenvalue weighted by atomic mass is 10.1. The maximum Gasteiger partial charge on any atom is 0.249 e. The molecule has 0 radical (unpaired) electrons. The van der Waals surface area contributed by atoms with Crippen molar-refractivity contribution in [3.8, 4) is 11.3 Å². The van der Waals surface area contributed by atoms with Crippen molar-refractivity contribution < 1.29 is 13.6 Å². The Labute approximate surface area is 147 Å². The van der Waals surface area contributed by atoms with Gasteiger partial charge in [-0.3, -0.25) is 4.79 Å². The quantitative estimate of drug-likeness (QED) is 0.557. The van der Waals surface area contributed by atoms with Gasteiger partial charge in [-0.15, -0.1) is 0 Å². The first-order valence-corrected chi connectivity index (χ1v) is 8.32. The molecule has 7 heteroatoms. The number of benzene rings is 2. The smallest absolute Gasteiger partial charge is 0.249 e. The van der Waals surface area contributed by atoms with Crippen LogP contribution < -0.4 is 5.73 Å². The molecule has 0 unspecified atom stereocenters. The molecule has 2 N–H and O–H groups in total. The second kappa shape index (κ2) is 7.40. The molecule has 0 saturated carbocycles. The average Bonchev–Trinajstić information content (AvgIpc) is 2.62. The minimum atomic E-state index is -0.930. The van der Waals surface area contributed by atoms with Gasteiger partial charge in [0, 0.05) is 23.1 Å². The fraction of sp³-hybridized carbons (Fsp3) is 0.0556. The topological polar surface area (TPSA) is 68.9 Å². The number of nitrogens with two attached hydrogens (primary N) is 1. The number of rotatable bonds is 5. The number of hydrogen-bond acceptors (Lipinski definition) is 4. The van der Waals surface area contributed by atoms with Crippen molar-refractivity contribution in [2.45, 2.75) is 10.9 Å². The molecule has 1 heterocycles. The van der Waals surface area contributed by atoms with Crippen LogP contribution in [0.4, 0.5) is 8.78 Å². The third kappa shape index (κ3) is 4.00. The highest BCUT2D eigenvalue weighted by atomic mass is 32.2.